The molecule has 1 aromatic rings. The summed E-state index contributed by atoms with van der Waals surface area (Å²) in [5, 5.41) is 17.4. The Morgan fingerprint density at radius 1 is 1.21 bits per heavy atom. The number of rotatable bonds is 5. The van der Waals surface area contributed by atoms with Gasteiger partial charge in [0.05, 0.1) is 0 Å². The molecule has 0 saturated carbocycles. The topological polar surface area (TPSA) is 108 Å². The Labute approximate surface area is 113 Å². The van der Waals surface area contributed by atoms with Gasteiger partial charge in [0, 0.05) is 11.3 Å². The van der Waals surface area contributed by atoms with Gasteiger partial charge in [0.1, 0.15) is 18.2 Å². The number of carbonyl (C=O) groups is 3. The van der Waals surface area contributed by atoms with Gasteiger partial charge in [-0.25, -0.2) is 4.98 Å². The van der Waals surface area contributed by atoms with Crippen molar-refractivity contribution < 1.29 is 24.6 Å². The third kappa shape index (κ3) is 4.55. The number of hydrogen-bond donors (Lipinski definition) is 2. The van der Waals surface area contributed by atoms with Crippen LogP contribution >= 0.6 is 11.6 Å². The van der Waals surface area contributed by atoms with Gasteiger partial charge in [0.15, 0.2) is 0 Å². The average Bonchev–Trinajstić information content (AvgIpc) is 2.24. The van der Waals surface area contributed by atoms with E-state index in [2.05, 4.69) is 4.98 Å². The lowest BCUT2D eigenvalue weighted by molar-refractivity contribution is -0.140. The number of halogens is 1. The molecule has 1 heterocycles. The van der Waals surface area contributed by atoms with E-state index in [0.29, 0.717) is 10.6 Å². The molecule has 8 heteroatoms. The van der Waals surface area contributed by atoms with Crippen LogP contribution < -0.4 is 0 Å². The highest BCUT2D eigenvalue weighted by molar-refractivity contribution is 6.29. The minimum absolute atomic E-state index is 0.0777. The largest absolute Gasteiger partial charge is 0.480 e. The molecule has 1 aromatic heterocycles. The molecule has 1 amide bonds. The van der Waals surface area contributed by atoms with E-state index in [1.165, 1.54) is 12.1 Å². The van der Waals surface area contributed by atoms with E-state index in [0.717, 1.165) is 0 Å². The number of carbonyl (C=O) groups excluding carboxylic acids is 1. The number of nitrogens with zero attached hydrogens (tertiary/aromatic N) is 2. The summed E-state index contributed by atoms with van der Waals surface area (Å²) >= 11 is 5.70. The van der Waals surface area contributed by atoms with Crippen LogP contribution in [0.4, 0.5) is 0 Å². The van der Waals surface area contributed by atoms with Gasteiger partial charge in [0.2, 0.25) is 0 Å². The maximum atomic E-state index is 12.0. The van der Waals surface area contributed by atoms with Crippen molar-refractivity contribution in [1.82, 2.24) is 9.88 Å². The first kappa shape index (κ1) is 14.9. The highest BCUT2D eigenvalue weighted by Crippen LogP contribution is 2.12. The molecule has 0 aliphatic carbocycles. The second-order valence-corrected chi connectivity index (χ2v) is 4.16. The van der Waals surface area contributed by atoms with Gasteiger partial charge in [-0.15, -0.1) is 0 Å². The Kier molecular flexibility index (Phi) is 4.82. The first-order chi connectivity index (χ1) is 8.79. The van der Waals surface area contributed by atoms with Crippen LogP contribution in [0.5, 0.6) is 0 Å². The first-order valence-corrected chi connectivity index (χ1v) is 5.54. The summed E-state index contributed by atoms with van der Waals surface area (Å²) in [6.45, 7) is 0.204. The summed E-state index contributed by atoms with van der Waals surface area (Å²) < 4.78 is 0. The number of pyridine rings is 1. The van der Waals surface area contributed by atoms with Crippen molar-refractivity contribution in [2.75, 3.05) is 13.1 Å². The van der Waals surface area contributed by atoms with Crippen molar-refractivity contribution >= 4 is 29.4 Å². The highest BCUT2D eigenvalue weighted by atomic mass is 35.5. The summed E-state index contributed by atoms with van der Waals surface area (Å²) in [7, 11) is 0. The molecule has 1 rings (SSSR count). The second-order valence-electron chi connectivity index (χ2n) is 3.77. The standard InChI is InChI=1S/C11H11ClN2O5/c1-6-2-7(3-8(12)13-6)11(19)14(4-9(15)16)5-10(17)18/h2-3H,4-5H2,1H3,(H,15,16)(H,17,18). The van der Waals surface area contributed by atoms with Gasteiger partial charge in [-0.1, -0.05) is 11.6 Å². The molecule has 7 nitrogen and oxygen atoms in total. The molecule has 0 unspecified atom stereocenters. The third-order valence-corrected chi connectivity index (χ3v) is 2.30. The molecular formula is C11H11ClN2O5. The first-order valence-electron chi connectivity index (χ1n) is 5.16. The van der Waals surface area contributed by atoms with Crippen LogP contribution in [0.15, 0.2) is 12.1 Å². The van der Waals surface area contributed by atoms with Crippen LogP contribution in [-0.2, 0) is 9.59 Å². The predicted octanol–water partition coefficient (Wildman–Crippen LogP) is 0.655. The lowest BCUT2D eigenvalue weighted by Gasteiger charge is -2.18. The average molecular weight is 287 g/mol. The summed E-state index contributed by atoms with van der Waals surface area (Å²) in [5.41, 5.74) is 0.571. The van der Waals surface area contributed by atoms with Crippen LogP contribution in [0, 0.1) is 6.92 Å². The number of carboxylic acid groups (broad SMARTS) is 2. The van der Waals surface area contributed by atoms with Crippen molar-refractivity contribution in [2.24, 2.45) is 0 Å². The van der Waals surface area contributed by atoms with E-state index in [9.17, 15) is 14.4 Å². The number of aliphatic carboxylic acids is 2. The van der Waals surface area contributed by atoms with Crippen LogP contribution in [-0.4, -0.2) is 51.0 Å². The van der Waals surface area contributed by atoms with Crippen molar-refractivity contribution in [3.05, 3.63) is 28.5 Å². The summed E-state index contributed by atoms with van der Waals surface area (Å²) in [4.78, 5) is 37.9. The van der Waals surface area contributed by atoms with Gasteiger partial charge < -0.3 is 15.1 Å². The maximum absolute atomic E-state index is 12.0. The molecule has 0 fully saturated rings. The Balaban J connectivity index is 3.03. The fourth-order valence-corrected chi connectivity index (χ4v) is 1.71. The second kappa shape index (κ2) is 6.14. The fraction of sp³-hybridized carbons (Fsp3) is 0.273. The molecule has 102 valence electrons. The number of carboxylic acids is 2. The van der Waals surface area contributed by atoms with Gasteiger partial charge in [0.25, 0.3) is 5.91 Å². The van der Waals surface area contributed by atoms with Crippen LogP contribution in [0.1, 0.15) is 16.1 Å². The molecule has 0 aliphatic heterocycles. The van der Waals surface area contributed by atoms with E-state index in [-0.39, 0.29) is 10.7 Å². The summed E-state index contributed by atoms with van der Waals surface area (Å²) in [5.74, 6) is -3.32. The zero-order chi connectivity index (χ0) is 14.6. The zero-order valence-electron chi connectivity index (χ0n) is 9.96. The molecule has 0 saturated heterocycles. The maximum Gasteiger partial charge on any atom is 0.323 e. The SMILES string of the molecule is Cc1cc(C(=O)N(CC(=O)O)CC(=O)O)cc(Cl)n1. The Morgan fingerprint density at radius 2 is 1.74 bits per heavy atom. The number of aromatic nitrogens is 1. The number of aryl methyl sites for hydroxylation is 1. The molecule has 0 radical (unpaired) electrons. The smallest absolute Gasteiger partial charge is 0.323 e. The predicted molar refractivity (Wildman–Crippen MR) is 65.2 cm³/mol. The van der Waals surface area contributed by atoms with Gasteiger partial charge >= 0.3 is 11.9 Å². The molecular weight excluding hydrogens is 276 g/mol. The summed E-state index contributed by atoms with van der Waals surface area (Å²) in [6, 6.07) is 2.67. The van der Waals surface area contributed by atoms with Crippen LogP contribution in [0.25, 0.3) is 0 Å². The summed E-state index contributed by atoms with van der Waals surface area (Å²) in [6.07, 6.45) is 0. The van der Waals surface area contributed by atoms with Gasteiger partial charge in [-0.05, 0) is 19.1 Å². The Morgan fingerprint density at radius 3 is 2.16 bits per heavy atom. The molecule has 0 bridgehead atoms. The van der Waals surface area contributed by atoms with E-state index in [4.69, 9.17) is 21.8 Å². The van der Waals surface area contributed by atoms with Crippen molar-refractivity contribution in [3.63, 3.8) is 0 Å². The van der Waals surface area contributed by atoms with Crippen LogP contribution in [0.2, 0.25) is 5.15 Å². The van der Waals surface area contributed by atoms with Gasteiger partial charge in [-0.3, -0.25) is 14.4 Å². The molecule has 0 spiro atoms. The number of hydrogen-bond acceptors (Lipinski definition) is 4. The van der Waals surface area contributed by atoms with Gasteiger partial charge in [-0.2, -0.15) is 0 Å². The lowest BCUT2D eigenvalue weighted by Crippen LogP contribution is -2.39. The van der Waals surface area contributed by atoms with E-state index in [1.807, 2.05) is 0 Å². The third-order valence-electron chi connectivity index (χ3n) is 2.11. The monoisotopic (exact) mass is 286 g/mol. The van der Waals surface area contributed by atoms with Crippen LogP contribution in [0.3, 0.4) is 0 Å². The minimum Gasteiger partial charge on any atom is -0.480 e. The Bertz CT molecular complexity index is 496. The highest BCUT2D eigenvalue weighted by Gasteiger charge is 2.21. The van der Waals surface area contributed by atoms with Crippen molar-refractivity contribution in [1.29, 1.82) is 0 Å². The quantitative estimate of drug-likeness (QED) is 0.770. The van der Waals surface area contributed by atoms with Crippen molar-refractivity contribution in [3.8, 4) is 0 Å². The van der Waals surface area contributed by atoms with Crippen molar-refractivity contribution in [2.45, 2.75) is 6.92 Å². The normalized spacial score (nSPS) is 10.0. The molecule has 0 aliphatic rings. The lowest BCUT2D eigenvalue weighted by atomic mass is 10.2. The molecule has 0 aromatic carbocycles. The Hall–Kier alpha value is -2.15. The zero-order valence-corrected chi connectivity index (χ0v) is 10.7. The number of amides is 1. The fourth-order valence-electron chi connectivity index (χ4n) is 1.46. The van der Waals surface area contributed by atoms with E-state index in [1.54, 1.807) is 6.92 Å². The molecule has 2 N–H and O–H groups in total. The minimum atomic E-state index is -1.30. The molecule has 19 heavy (non-hydrogen) atoms. The molecule has 0 atom stereocenters. The van der Waals surface area contributed by atoms with E-state index >= 15 is 0 Å². The van der Waals surface area contributed by atoms with E-state index < -0.39 is 30.9 Å².